The topological polar surface area (TPSA) is 60.0 Å². The molecule has 0 atom stereocenters. The van der Waals surface area contributed by atoms with Crippen LogP contribution in [-0.4, -0.2) is 54.2 Å². The van der Waals surface area contributed by atoms with Gasteiger partial charge >= 0.3 is 6.09 Å². The third kappa shape index (κ3) is 9.07. The predicted molar refractivity (Wildman–Crippen MR) is 141 cm³/mol. The molecular formula is C29H48N2O4. The quantitative estimate of drug-likeness (QED) is 0.410. The van der Waals surface area contributed by atoms with Crippen molar-refractivity contribution in [2.75, 3.05) is 26.3 Å². The molecule has 1 fully saturated rings. The third-order valence-corrected chi connectivity index (χ3v) is 6.87. The van der Waals surface area contributed by atoms with E-state index in [1.54, 1.807) is 0 Å². The Kier molecular flexibility index (Phi) is 9.64. The second kappa shape index (κ2) is 12.1. The summed E-state index contributed by atoms with van der Waals surface area (Å²) in [5.74, 6) is -0.653. The maximum atomic E-state index is 12.7. The minimum Gasteiger partial charge on any atom is -0.444 e. The van der Waals surface area contributed by atoms with Crippen LogP contribution in [0.3, 0.4) is 0 Å². The van der Waals surface area contributed by atoms with Crippen molar-refractivity contribution in [2.45, 2.75) is 116 Å². The van der Waals surface area contributed by atoms with E-state index in [1.807, 2.05) is 34.6 Å². The van der Waals surface area contributed by atoms with Crippen LogP contribution in [0.25, 0.3) is 0 Å². The first kappa shape index (κ1) is 27.9. The van der Waals surface area contributed by atoms with E-state index in [2.05, 4.69) is 35.3 Å². The second-order valence-corrected chi connectivity index (χ2v) is 12.0. The van der Waals surface area contributed by atoms with E-state index in [0.29, 0.717) is 19.8 Å². The van der Waals surface area contributed by atoms with Gasteiger partial charge in [0.15, 0.2) is 5.79 Å². The first-order chi connectivity index (χ1) is 16.5. The molecule has 0 aliphatic carbocycles. The van der Waals surface area contributed by atoms with E-state index < -0.39 is 23.0 Å². The maximum absolute atomic E-state index is 12.7. The van der Waals surface area contributed by atoms with E-state index in [4.69, 9.17) is 14.2 Å². The molecule has 2 aliphatic heterocycles. The highest BCUT2D eigenvalue weighted by molar-refractivity contribution is 5.69. The standard InChI is InChI=1S/C29H48N2O4/c1-7-8-9-10-11-12-13-23-14-15-25-19-31(17-16-24(25)18-23)20-29(21-33-28(5,6)34-22-29)30-26(32)35-27(2,3)4/h14-15,18H,7-13,16-17,19-22H2,1-6H3,(H,30,32). The largest absolute Gasteiger partial charge is 0.444 e. The Bertz CT molecular complexity index is 820. The molecule has 35 heavy (non-hydrogen) atoms. The highest BCUT2D eigenvalue weighted by atomic mass is 16.7. The number of carbonyl (C=O) groups is 1. The van der Waals surface area contributed by atoms with Crippen molar-refractivity contribution in [1.29, 1.82) is 0 Å². The van der Waals surface area contributed by atoms with E-state index in [1.165, 1.54) is 61.6 Å². The zero-order valence-corrected chi connectivity index (χ0v) is 23.0. The first-order valence-corrected chi connectivity index (χ1v) is 13.6. The fourth-order valence-electron chi connectivity index (χ4n) is 4.92. The van der Waals surface area contributed by atoms with Crippen LogP contribution in [0, 0.1) is 0 Å². The summed E-state index contributed by atoms with van der Waals surface area (Å²) < 4.78 is 17.5. The van der Waals surface area contributed by atoms with Crippen LogP contribution in [0.4, 0.5) is 4.79 Å². The van der Waals surface area contributed by atoms with Crippen LogP contribution in [0.5, 0.6) is 0 Å². The first-order valence-electron chi connectivity index (χ1n) is 13.6. The second-order valence-electron chi connectivity index (χ2n) is 12.0. The van der Waals surface area contributed by atoms with Gasteiger partial charge in [0.05, 0.1) is 13.2 Å². The Labute approximate surface area is 213 Å². The number of ether oxygens (including phenoxy) is 3. The number of aryl methyl sites for hydroxylation is 1. The molecule has 0 radical (unpaired) electrons. The lowest BCUT2D eigenvalue weighted by atomic mass is 9.93. The molecule has 6 nitrogen and oxygen atoms in total. The number of hydrogen-bond acceptors (Lipinski definition) is 5. The molecular weight excluding hydrogens is 440 g/mol. The van der Waals surface area contributed by atoms with Gasteiger partial charge in [0.25, 0.3) is 0 Å². The van der Waals surface area contributed by atoms with E-state index >= 15 is 0 Å². The fourth-order valence-corrected chi connectivity index (χ4v) is 4.92. The van der Waals surface area contributed by atoms with Crippen LogP contribution in [-0.2, 0) is 33.6 Å². The summed E-state index contributed by atoms with van der Waals surface area (Å²) >= 11 is 0. The summed E-state index contributed by atoms with van der Waals surface area (Å²) in [4.78, 5) is 15.1. The van der Waals surface area contributed by atoms with Crippen molar-refractivity contribution in [3.8, 4) is 0 Å². The molecule has 1 aromatic carbocycles. The normalized spacial score (nSPS) is 19.7. The van der Waals surface area contributed by atoms with Gasteiger partial charge in [-0.25, -0.2) is 4.79 Å². The number of fused-ring (bicyclic) bond motifs is 1. The number of unbranched alkanes of at least 4 members (excludes halogenated alkanes) is 5. The van der Waals surface area contributed by atoms with Gasteiger partial charge in [0.1, 0.15) is 11.1 Å². The minimum atomic E-state index is -0.653. The average Bonchev–Trinajstić information content (AvgIpc) is 2.77. The molecule has 2 heterocycles. The van der Waals surface area contributed by atoms with Crippen molar-refractivity contribution in [1.82, 2.24) is 10.2 Å². The number of benzene rings is 1. The maximum Gasteiger partial charge on any atom is 0.408 e. The number of nitrogens with one attached hydrogen (secondary N) is 1. The summed E-state index contributed by atoms with van der Waals surface area (Å²) in [5.41, 5.74) is 3.11. The molecule has 1 aromatic rings. The van der Waals surface area contributed by atoms with Crippen molar-refractivity contribution < 1.29 is 19.0 Å². The molecule has 0 spiro atoms. The SMILES string of the molecule is CCCCCCCCc1ccc2c(c1)CCN(CC1(NC(=O)OC(C)(C)C)COC(C)(C)OC1)C2. The molecule has 3 rings (SSSR count). The Morgan fingerprint density at radius 2 is 1.74 bits per heavy atom. The van der Waals surface area contributed by atoms with Gasteiger partial charge in [-0.2, -0.15) is 0 Å². The highest BCUT2D eigenvalue weighted by Gasteiger charge is 2.43. The van der Waals surface area contributed by atoms with Crippen LogP contribution >= 0.6 is 0 Å². The van der Waals surface area contributed by atoms with Gasteiger partial charge in [-0.15, -0.1) is 0 Å². The summed E-state index contributed by atoms with van der Waals surface area (Å²) in [6.07, 6.45) is 9.78. The highest BCUT2D eigenvalue weighted by Crippen LogP contribution is 2.28. The molecule has 0 bridgehead atoms. The Morgan fingerprint density at radius 1 is 1.06 bits per heavy atom. The number of rotatable bonds is 10. The van der Waals surface area contributed by atoms with Crippen molar-refractivity contribution in [3.05, 3.63) is 34.9 Å². The van der Waals surface area contributed by atoms with Gasteiger partial charge in [-0.05, 0) is 70.6 Å². The van der Waals surface area contributed by atoms with Crippen molar-refractivity contribution in [3.63, 3.8) is 0 Å². The van der Waals surface area contributed by atoms with E-state index in [9.17, 15) is 4.79 Å². The lowest BCUT2D eigenvalue weighted by Gasteiger charge is -2.46. The van der Waals surface area contributed by atoms with Crippen molar-refractivity contribution in [2.24, 2.45) is 0 Å². The van der Waals surface area contributed by atoms with E-state index in [0.717, 1.165) is 19.5 Å². The van der Waals surface area contributed by atoms with Gasteiger partial charge < -0.3 is 19.5 Å². The zero-order chi connectivity index (χ0) is 25.5. The number of hydrogen-bond donors (Lipinski definition) is 1. The molecule has 6 heteroatoms. The van der Waals surface area contributed by atoms with Crippen LogP contribution < -0.4 is 5.32 Å². The number of amides is 1. The molecule has 1 N–H and O–H groups in total. The minimum absolute atomic E-state index is 0.389. The lowest BCUT2D eigenvalue weighted by molar-refractivity contribution is -0.272. The predicted octanol–water partition coefficient (Wildman–Crippen LogP) is 5.99. The smallest absolute Gasteiger partial charge is 0.408 e. The summed E-state index contributed by atoms with van der Waals surface area (Å²) in [6, 6.07) is 7.03. The molecule has 1 amide bonds. The van der Waals surface area contributed by atoms with Gasteiger partial charge in [0.2, 0.25) is 0 Å². The third-order valence-electron chi connectivity index (χ3n) is 6.87. The Morgan fingerprint density at radius 3 is 2.43 bits per heavy atom. The molecule has 0 aromatic heterocycles. The number of carbonyl (C=O) groups excluding carboxylic acids is 1. The molecule has 0 unspecified atom stereocenters. The van der Waals surface area contributed by atoms with Crippen LogP contribution in [0.1, 0.15) is 96.8 Å². The molecule has 1 saturated heterocycles. The van der Waals surface area contributed by atoms with Crippen molar-refractivity contribution >= 4 is 6.09 Å². The van der Waals surface area contributed by atoms with Gasteiger partial charge in [-0.1, -0.05) is 57.2 Å². The summed E-state index contributed by atoms with van der Waals surface area (Å²) in [5, 5.41) is 3.10. The van der Waals surface area contributed by atoms with Crippen LogP contribution in [0.2, 0.25) is 0 Å². The Hall–Kier alpha value is -1.63. The summed E-state index contributed by atoms with van der Waals surface area (Å²) in [6.45, 7) is 15.0. The van der Waals surface area contributed by atoms with Crippen LogP contribution in [0.15, 0.2) is 18.2 Å². The van der Waals surface area contributed by atoms with Gasteiger partial charge in [0, 0.05) is 19.6 Å². The molecule has 0 saturated carbocycles. The number of nitrogens with zero attached hydrogens (tertiary/aromatic N) is 1. The molecule has 2 aliphatic rings. The average molecular weight is 489 g/mol. The van der Waals surface area contributed by atoms with E-state index in [-0.39, 0.29) is 0 Å². The Balaban J connectivity index is 1.59. The molecule has 198 valence electrons. The fraction of sp³-hybridized carbons (Fsp3) is 0.759. The monoisotopic (exact) mass is 488 g/mol. The zero-order valence-electron chi connectivity index (χ0n) is 23.0. The lowest BCUT2D eigenvalue weighted by Crippen LogP contribution is -2.66. The summed E-state index contributed by atoms with van der Waals surface area (Å²) in [7, 11) is 0. The number of alkyl carbamates (subject to hydrolysis) is 1. The van der Waals surface area contributed by atoms with Gasteiger partial charge in [-0.3, -0.25) is 4.90 Å².